The van der Waals surface area contributed by atoms with Crippen LogP contribution in [0.2, 0.25) is 0 Å². The molecule has 6 heteroatoms. The standard InChI is InChI=1S/C15H20F4N2/c1-9(10-2-3-10)8-21-14(7-20)12-5-4-11(16)6-13(12)15(17,18)19/h4-6,9-10,14,21H,2-3,7-8,20H2,1H3. The largest absolute Gasteiger partial charge is 0.416 e. The molecule has 21 heavy (non-hydrogen) atoms. The highest BCUT2D eigenvalue weighted by atomic mass is 19.4. The highest BCUT2D eigenvalue weighted by molar-refractivity contribution is 5.33. The molecule has 2 rings (SSSR count). The van der Waals surface area contributed by atoms with Gasteiger partial charge in [0.15, 0.2) is 0 Å². The van der Waals surface area contributed by atoms with Gasteiger partial charge in [-0.25, -0.2) is 4.39 Å². The van der Waals surface area contributed by atoms with Crippen molar-refractivity contribution in [2.75, 3.05) is 13.1 Å². The second kappa shape index (κ2) is 6.32. The topological polar surface area (TPSA) is 38.0 Å². The summed E-state index contributed by atoms with van der Waals surface area (Å²) >= 11 is 0. The molecule has 2 unspecified atom stereocenters. The van der Waals surface area contributed by atoms with Crippen LogP contribution in [0, 0.1) is 17.7 Å². The second-order valence-electron chi connectivity index (χ2n) is 5.74. The van der Waals surface area contributed by atoms with Crippen LogP contribution in [-0.2, 0) is 6.18 Å². The summed E-state index contributed by atoms with van der Waals surface area (Å²) < 4.78 is 52.2. The molecular weight excluding hydrogens is 284 g/mol. The predicted octanol–water partition coefficient (Wildman–Crippen LogP) is 3.48. The van der Waals surface area contributed by atoms with Gasteiger partial charge in [0.05, 0.1) is 5.56 Å². The SMILES string of the molecule is CC(CNC(CN)c1ccc(F)cc1C(F)(F)F)C1CC1. The van der Waals surface area contributed by atoms with E-state index in [9.17, 15) is 17.6 Å². The van der Waals surface area contributed by atoms with E-state index in [-0.39, 0.29) is 12.1 Å². The third kappa shape index (κ3) is 4.17. The summed E-state index contributed by atoms with van der Waals surface area (Å²) in [5.41, 5.74) is 4.66. The third-order valence-corrected chi connectivity index (χ3v) is 4.04. The van der Waals surface area contributed by atoms with Gasteiger partial charge in [-0.1, -0.05) is 13.0 Å². The van der Waals surface area contributed by atoms with Crippen molar-refractivity contribution in [1.29, 1.82) is 0 Å². The van der Waals surface area contributed by atoms with Gasteiger partial charge >= 0.3 is 6.18 Å². The highest BCUT2D eigenvalue weighted by Gasteiger charge is 2.36. The van der Waals surface area contributed by atoms with Crippen molar-refractivity contribution in [3.05, 3.63) is 35.1 Å². The highest BCUT2D eigenvalue weighted by Crippen LogP contribution is 2.37. The van der Waals surface area contributed by atoms with E-state index in [1.54, 1.807) is 0 Å². The Hall–Kier alpha value is -1.14. The summed E-state index contributed by atoms with van der Waals surface area (Å²) in [4.78, 5) is 0. The molecule has 0 spiro atoms. The zero-order chi connectivity index (χ0) is 15.6. The number of benzene rings is 1. The lowest BCUT2D eigenvalue weighted by Crippen LogP contribution is -2.33. The molecule has 1 aliphatic rings. The summed E-state index contributed by atoms with van der Waals surface area (Å²) in [7, 11) is 0. The second-order valence-corrected chi connectivity index (χ2v) is 5.74. The maximum Gasteiger partial charge on any atom is 0.416 e. The van der Waals surface area contributed by atoms with E-state index in [4.69, 9.17) is 5.73 Å². The Bertz CT molecular complexity index is 483. The Balaban J connectivity index is 2.16. The first-order valence-electron chi connectivity index (χ1n) is 7.13. The van der Waals surface area contributed by atoms with E-state index in [1.807, 2.05) is 0 Å². The minimum Gasteiger partial charge on any atom is -0.329 e. The molecule has 1 saturated carbocycles. The van der Waals surface area contributed by atoms with E-state index in [0.717, 1.165) is 6.07 Å². The third-order valence-electron chi connectivity index (χ3n) is 4.04. The van der Waals surface area contributed by atoms with Crippen molar-refractivity contribution in [1.82, 2.24) is 5.32 Å². The molecule has 0 aliphatic heterocycles. The zero-order valence-electron chi connectivity index (χ0n) is 11.9. The molecular formula is C15H20F4N2. The summed E-state index contributed by atoms with van der Waals surface area (Å²) in [6.45, 7) is 2.72. The Morgan fingerprint density at radius 1 is 1.33 bits per heavy atom. The Morgan fingerprint density at radius 2 is 2.00 bits per heavy atom. The molecule has 1 aliphatic carbocycles. The van der Waals surface area contributed by atoms with Crippen molar-refractivity contribution in [2.24, 2.45) is 17.6 Å². The Kier molecular flexibility index (Phi) is 4.88. The maximum atomic E-state index is 13.1. The smallest absolute Gasteiger partial charge is 0.329 e. The average Bonchev–Trinajstić information content (AvgIpc) is 3.23. The molecule has 3 N–H and O–H groups in total. The minimum absolute atomic E-state index is 0.00870. The van der Waals surface area contributed by atoms with Gasteiger partial charge < -0.3 is 11.1 Å². The molecule has 0 aromatic heterocycles. The van der Waals surface area contributed by atoms with Crippen LogP contribution in [0.25, 0.3) is 0 Å². The first kappa shape index (κ1) is 16.2. The van der Waals surface area contributed by atoms with Crippen LogP contribution in [-0.4, -0.2) is 13.1 Å². The molecule has 0 radical (unpaired) electrons. The summed E-state index contributed by atoms with van der Waals surface area (Å²) in [5.74, 6) is 0.174. The number of hydrogen-bond acceptors (Lipinski definition) is 2. The van der Waals surface area contributed by atoms with Gasteiger partial charge in [-0.05, 0) is 48.9 Å². The van der Waals surface area contributed by atoms with Crippen molar-refractivity contribution >= 4 is 0 Å². The fourth-order valence-corrected chi connectivity index (χ4v) is 2.56. The first-order valence-corrected chi connectivity index (χ1v) is 7.13. The Labute approximate surface area is 121 Å². The van der Waals surface area contributed by atoms with Gasteiger partial charge in [-0.15, -0.1) is 0 Å². The van der Waals surface area contributed by atoms with E-state index in [1.165, 1.54) is 18.9 Å². The van der Waals surface area contributed by atoms with E-state index >= 15 is 0 Å². The van der Waals surface area contributed by atoms with E-state index in [2.05, 4.69) is 12.2 Å². The number of hydrogen-bond donors (Lipinski definition) is 2. The minimum atomic E-state index is -4.59. The normalized spacial score (nSPS) is 18.6. The molecule has 1 aromatic rings. The van der Waals surface area contributed by atoms with Gasteiger partial charge in [0.25, 0.3) is 0 Å². The van der Waals surface area contributed by atoms with Crippen LogP contribution >= 0.6 is 0 Å². The number of alkyl halides is 3. The van der Waals surface area contributed by atoms with Crippen molar-refractivity contribution < 1.29 is 17.6 Å². The monoisotopic (exact) mass is 304 g/mol. The van der Waals surface area contributed by atoms with Gasteiger partial charge in [-0.3, -0.25) is 0 Å². The van der Waals surface area contributed by atoms with Crippen molar-refractivity contribution in [3.63, 3.8) is 0 Å². The Morgan fingerprint density at radius 3 is 2.52 bits per heavy atom. The molecule has 0 bridgehead atoms. The van der Waals surface area contributed by atoms with Crippen LogP contribution < -0.4 is 11.1 Å². The van der Waals surface area contributed by atoms with Crippen molar-refractivity contribution in [3.8, 4) is 0 Å². The number of halogens is 4. The number of rotatable bonds is 6. The van der Waals surface area contributed by atoms with Gasteiger partial charge in [0, 0.05) is 12.6 Å². The van der Waals surface area contributed by atoms with Crippen LogP contribution in [0.1, 0.15) is 36.9 Å². The van der Waals surface area contributed by atoms with Gasteiger partial charge in [-0.2, -0.15) is 13.2 Å². The molecule has 1 fully saturated rings. The van der Waals surface area contributed by atoms with E-state index < -0.39 is 23.6 Å². The van der Waals surface area contributed by atoms with Crippen LogP contribution in [0.4, 0.5) is 17.6 Å². The first-order chi connectivity index (χ1) is 9.82. The summed E-state index contributed by atoms with van der Waals surface area (Å²) in [6.07, 6.45) is -2.23. The number of nitrogens with one attached hydrogen (secondary N) is 1. The van der Waals surface area contributed by atoms with Crippen molar-refractivity contribution in [2.45, 2.75) is 32.0 Å². The van der Waals surface area contributed by atoms with Gasteiger partial charge in [0.1, 0.15) is 5.82 Å². The van der Waals surface area contributed by atoms with Crippen LogP contribution in [0.15, 0.2) is 18.2 Å². The van der Waals surface area contributed by atoms with Gasteiger partial charge in [0.2, 0.25) is 0 Å². The summed E-state index contributed by atoms with van der Waals surface area (Å²) in [6, 6.07) is 2.12. The van der Waals surface area contributed by atoms with Crippen LogP contribution in [0.3, 0.4) is 0 Å². The molecule has 118 valence electrons. The zero-order valence-corrected chi connectivity index (χ0v) is 11.9. The lowest BCUT2D eigenvalue weighted by atomic mass is 9.98. The lowest BCUT2D eigenvalue weighted by molar-refractivity contribution is -0.138. The molecule has 0 saturated heterocycles. The van der Waals surface area contributed by atoms with E-state index in [0.29, 0.717) is 24.4 Å². The summed E-state index contributed by atoms with van der Waals surface area (Å²) in [5, 5.41) is 3.09. The molecule has 2 atom stereocenters. The fourth-order valence-electron chi connectivity index (χ4n) is 2.56. The van der Waals surface area contributed by atoms with Crippen LogP contribution in [0.5, 0.6) is 0 Å². The maximum absolute atomic E-state index is 13.1. The molecule has 0 amide bonds. The molecule has 0 heterocycles. The molecule has 2 nitrogen and oxygen atoms in total. The number of nitrogens with two attached hydrogens (primary N) is 1. The lowest BCUT2D eigenvalue weighted by Gasteiger charge is -2.23. The quantitative estimate of drug-likeness (QED) is 0.790. The predicted molar refractivity (Wildman–Crippen MR) is 73.1 cm³/mol. The fraction of sp³-hybridized carbons (Fsp3) is 0.600. The molecule has 1 aromatic carbocycles. The average molecular weight is 304 g/mol.